The van der Waals surface area contributed by atoms with E-state index in [1.807, 2.05) is 81.6 Å². The number of nitrogens with zero attached hydrogens (tertiary/aromatic N) is 2. The summed E-state index contributed by atoms with van der Waals surface area (Å²) in [7, 11) is 7.36. The molecule has 23 heteroatoms. The second kappa shape index (κ2) is 42.7. The lowest BCUT2D eigenvalue weighted by Crippen LogP contribution is -2.30. The number of hydrogen-bond acceptors (Lipinski definition) is 11. The lowest BCUT2D eigenvalue weighted by Gasteiger charge is -2.21. The number of rotatable bonds is 16. The third kappa shape index (κ3) is 33.6. The van der Waals surface area contributed by atoms with Gasteiger partial charge in [-0.15, -0.1) is 0 Å². The molecule has 6 N–H and O–H groups in total. The van der Waals surface area contributed by atoms with Crippen LogP contribution in [0.25, 0.3) is 0 Å². The van der Waals surface area contributed by atoms with Crippen molar-refractivity contribution in [2.45, 2.75) is 124 Å². The van der Waals surface area contributed by atoms with E-state index >= 15 is 0 Å². The van der Waals surface area contributed by atoms with E-state index in [0.29, 0.717) is 48.0 Å². The predicted molar refractivity (Wildman–Crippen MR) is 349 cm³/mol. The lowest BCUT2D eigenvalue weighted by atomic mass is 10.0. The quantitative estimate of drug-likeness (QED) is 0.0230. The van der Waals surface area contributed by atoms with Crippen molar-refractivity contribution in [3.05, 3.63) is 186 Å². The molecule has 1 amide bonds. The van der Waals surface area contributed by atoms with E-state index in [1.54, 1.807) is 48.5 Å². The van der Waals surface area contributed by atoms with Crippen molar-refractivity contribution in [1.29, 1.82) is 0 Å². The summed E-state index contributed by atoms with van der Waals surface area (Å²) >= 11 is 31.6. The van der Waals surface area contributed by atoms with Crippen molar-refractivity contribution in [2.75, 3.05) is 13.1 Å². The largest absolute Gasteiger partial charge is 0.504 e. The van der Waals surface area contributed by atoms with E-state index in [-0.39, 0.29) is 74.0 Å². The van der Waals surface area contributed by atoms with Gasteiger partial charge < -0.3 is 35.5 Å². The lowest BCUT2D eigenvalue weighted by molar-refractivity contribution is -0.138. The average Bonchev–Trinajstić information content (AvgIpc) is 3.77. The minimum absolute atomic E-state index is 0. The molecule has 0 aliphatic carbocycles. The number of carbonyl (C=O) groups excluding carboxylic acids is 3. The van der Waals surface area contributed by atoms with Crippen LogP contribution in [-0.4, -0.2) is 85.6 Å². The number of aromatic hydroxyl groups is 4. The molecule has 464 valence electrons. The van der Waals surface area contributed by atoms with Crippen LogP contribution in [0.1, 0.15) is 128 Å². The van der Waals surface area contributed by atoms with Crippen molar-refractivity contribution in [3.8, 4) is 23.0 Å². The number of aliphatic carboxylic acids is 2. The number of aryl methyl sites for hydroxylation is 5. The number of halogens is 8. The summed E-state index contributed by atoms with van der Waals surface area (Å²) in [4.78, 5) is 56.6. The smallest absolute Gasteiger partial charge is 0.303 e. The van der Waals surface area contributed by atoms with Crippen LogP contribution in [0.2, 0.25) is 20.1 Å². The molecule has 0 saturated heterocycles. The van der Waals surface area contributed by atoms with Gasteiger partial charge in [0.25, 0.3) is 0 Å². The van der Waals surface area contributed by atoms with E-state index in [0.717, 1.165) is 109 Å². The molecule has 0 bridgehead atoms. The third-order valence-electron chi connectivity index (χ3n) is 12.4. The first-order valence-corrected chi connectivity index (χ1v) is 31.4. The molecule has 0 aromatic heterocycles. The summed E-state index contributed by atoms with van der Waals surface area (Å²) in [6, 6.07) is 35.7. The minimum atomic E-state index is -1.67. The summed E-state index contributed by atoms with van der Waals surface area (Å²) in [5, 5.41) is 57.3. The van der Waals surface area contributed by atoms with E-state index in [9.17, 15) is 44.4 Å². The van der Waals surface area contributed by atoms with Crippen molar-refractivity contribution >= 4 is 134 Å². The topological polar surface area (TPSA) is 230 Å². The first-order valence-electron chi connectivity index (χ1n) is 26.0. The van der Waals surface area contributed by atoms with Crippen LogP contribution in [0.3, 0.4) is 0 Å². The van der Waals surface area contributed by atoms with Gasteiger partial charge in [0.05, 0.1) is 6.42 Å². The van der Waals surface area contributed by atoms with Crippen molar-refractivity contribution < 1.29 is 58.8 Å². The molecule has 0 atom stereocenters. The first-order chi connectivity index (χ1) is 39.4. The monoisotopic (exact) mass is 1390 g/mol. The maximum Gasteiger partial charge on any atom is 0.303 e. The van der Waals surface area contributed by atoms with Crippen LogP contribution < -0.4 is 0 Å². The fourth-order valence-corrected chi connectivity index (χ4v) is 9.34. The van der Waals surface area contributed by atoms with Gasteiger partial charge in [0.1, 0.15) is 0 Å². The Morgan fingerprint density at radius 3 is 1.21 bits per heavy atom. The molecule has 0 saturated carbocycles. The Bertz CT molecular complexity index is 2970. The number of amides is 1. The number of Topliss-reactive ketones (excluding diaryl/α,β-unsaturated/α-hetero) is 1. The maximum absolute atomic E-state index is 12.5. The van der Waals surface area contributed by atoms with Crippen LogP contribution in [0.5, 0.6) is 23.0 Å². The number of hydrogen-bond donors (Lipinski definition) is 6. The van der Waals surface area contributed by atoms with Crippen molar-refractivity contribution in [1.82, 2.24) is 8.83 Å². The van der Waals surface area contributed by atoms with E-state index in [4.69, 9.17) is 72.4 Å². The Hall–Kier alpha value is -5.11. The van der Waals surface area contributed by atoms with Gasteiger partial charge in [-0.2, -0.15) is 0 Å². The molecule has 6 aromatic carbocycles. The van der Waals surface area contributed by atoms with Crippen molar-refractivity contribution in [2.24, 2.45) is 0 Å². The van der Waals surface area contributed by atoms with Crippen LogP contribution in [-0.2, 0) is 73.6 Å². The third-order valence-corrected chi connectivity index (χ3v) is 14.2. The van der Waals surface area contributed by atoms with Gasteiger partial charge in [-0.25, -0.2) is 8.13 Å². The molecule has 2 aliphatic rings. The van der Waals surface area contributed by atoms with Crippen molar-refractivity contribution in [3.63, 3.8) is 0 Å². The highest BCUT2D eigenvalue weighted by atomic mass is 79.9. The molecule has 0 spiro atoms. The zero-order valence-electron chi connectivity index (χ0n) is 44.9. The standard InChI is InChI=1S/C20H22ClNO3.C10H12BrNO2.C10H10Cl2O.C10H9ClO3.C10H11ClO2.2CH4.Cl2OS/c21-17-8-6-14(7-9-17)3-1-5-20(25)22-10-2-4-15-11-18(23)19(24)12-16(15)13-22;11-12-3-1-2-7-4-9(13)10(14)5-8(7)6-12;11-9-6-4-8(5-7-9)2-1-3-10(12)13;11-8-3-1-7(2-4-8)9(12)5-6-10(13)14;11-9-6-4-8(5-7-9)2-1-3-10(12)13;;;1-4(2)3/h6-9,11-12,23-24H,1-5,10,13H2;4-5,13-14H,1-3,6H2;4-7H,1-3H2;1-4H,5-6H2,(H,13,14);4-7H,1-3H2,(H,12,13);2*1H4;. The molecule has 2 aliphatic heterocycles. The van der Waals surface area contributed by atoms with E-state index < -0.39 is 21.2 Å². The molecule has 0 unspecified atom stereocenters. The number of carbonyl (C=O) groups is 5. The molecular weight excluding hydrogens is 1320 g/mol. The summed E-state index contributed by atoms with van der Waals surface area (Å²) in [6.45, 7) is 2.94. The molecule has 2 heterocycles. The van der Waals surface area contributed by atoms with Crippen LogP contribution in [0, 0.1) is 0 Å². The van der Waals surface area contributed by atoms with Crippen LogP contribution in [0.4, 0.5) is 0 Å². The Morgan fingerprint density at radius 1 is 0.482 bits per heavy atom. The molecular formula is C62H72BrCl7N2O12S. The van der Waals surface area contributed by atoms with Gasteiger partial charge >= 0.3 is 11.9 Å². The minimum Gasteiger partial charge on any atom is -0.504 e. The second-order valence-corrected chi connectivity index (χ2v) is 24.5. The Balaban J connectivity index is 0.000000534. The Kier molecular flexibility index (Phi) is 39.1. The van der Waals surface area contributed by atoms with Gasteiger partial charge in [0.15, 0.2) is 28.8 Å². The predicted octanol–water partition coefficient (Wildman–Crippen LogP) is 17.1. The normalized spacial score (nSPS) is 12.1. The number of carboxylic acids is 2. The van der Waals surface area contributed by atoms with Gasteiger partial charge in [-0.1, -0.05) is 97.7 Å². The van der Waals surface area contributed by atoms with Gasteiger partial charge in [-0.05, 0) is 200 Å². The average molecular weight is 1400 g/mol. The van der Waals surface area contributed by atoms with E-state index in [1.165, 1.54) is 11.1 Å². The zero-order chi connectivity index (χ0) is 61.4. The van der Waals surface area contributed by atoms with Crippen LogP contribution in [0.15, 0.2) is 121 Å². The number of ketones is 1. The molecule has 0 fully saturated rings. The second-order valence-electron chi connectivity index (χ2n) is 18.8. The highest BCUT2D eigenvalue weighted by Gasteiger charge is 2.21. The number of phenols is 4. The molecule has 6 aromatic rings. The number of fused-ring (bicyclic) bond motifs is 2. The number of benzene rings is 6. The van der Waals surface area contributed by atoms with Crippen LogP contribution >= 0.6 is 95.5 Å². The highest BCUT2D eigenvalue weighted by Crippen LogP contribution is 2.33. The number of carboxylic acid groups (broad SMARTS) is 2. The molecule has 0 radical (unpaired) electrons. The molecule has 85 heavy (non-hydrogen) atoms. The zero-order valence-corrected chi connectivity index (χ0v) is 52.6. The summed E-state index contributed by atoms with van der Waals surface area (Å²) in [5.74, 6) is -2.03. The highest BCUT2D eigenvalue weighted by molar-refractivity contribution is 9.07. The summed E-state index contributed by atoms with van der Waals surface area (Å²) < 4.78 is 11.1. The fraction of sp³-hybridized carbons (Fsp3) is 0.339. The number of phenolic OH excluding ortho intramolecular Hbond substituents is 4. The van der Waals surface area contributed by atoms with E-state index in [2.05, 4.69) is 37.5 Å². The molecule has 8 rings (SSSR count). The Labute approximate surface area is 543 Å². The molecule has 14 nitrogen and oxygen atoms in total. The fourth-order valence-electron chi connectivity index (χ4n) is 8.18. The van der Waals surface area contributed by atoms with Gasteiger partial charge in [0, 0.05) is 115 Å². The SMILES string of the molecule is C.C.O=C(CCCc1ccc(Cl)cc1)N1CCCc2cc(O)c(O)cc2C1.O=C(Cl)CCCc1ccc(Cl)cc1.O=C(O)CCC(=O)c1ccc(Cl)cc1.O=C(O)CCCc1ccc(Cl)cc1.O=S(Cl)Cl.Oc1cc2c(cc1O)CN(Br)CCC2. The first kappa shape index (κ1) is 77.9. The van der Waals surface area contributed by atoms with Gasteiger partial charge in [-0.3, -0.25) is 24.0 Å². The maximum atomic E-state index is 12.5. The summed E-state index contributed by atoms with van der Waals surface area (Å²) in [6.07, 6.45) is 9.51. The summed E-state index contributed by atoms with van der Waals surface area (Å²) in [5.41, 5.74) is 8.12. The Morgan fingerprint density at radius 2 is 0.824 bits per heavy atom. The van der Waals surface area contributed by atoms with Gasteiger partial charge in [0.2, 0.25) is 20.4 Å².